The van der Waals surface area contributed by atoms with Gasteiger partial charge < -0.3 is 21.3 Å². The molecule has 2 atom stereocenters. The summed E-state index contributed by atoms with van der Waals surface area (Å²) >= 11 is 0. The molecule has 5 N–H and O–H groups in total. The van der Waals surface area contributed by atoms with Crippen molar-refractivity contribution in [3.8, 4) is 0 Å². The molecule has 0 spiro atoms. The van der Waals surface area contributed by atoms with Gasteiger partial charge in [-0.05, 0) is 18.1 Å². The van der Waals surface area contributed by atoms with Crippen molar-refractivity contribution in [3.63, 3.8) is 0 Å². The van der Waals surface area contributed by atoms with Crippen LogP contribution in [0.5, 0.6) is 0 Å². The van der Waals surface area contributed by atoms with Gasteiger partial charge in [0.1, 0.15) is 6.10 Å². The van der Waals surface area contributed by atoms with Crippen molar-refractivity contribution in [2.45, 2.75) is 26.1 Å². The molecule has 1 rings (SSSR count). The summed E-state index contributed by atoms with van der Waals surface area (Å²) in [6.07, 6.45) is -1.00. The summed E-state index contributed by atoms with van der Waals surface area (Å²) < 4.78 is 5.28. The summed E-state index contributed by atoms with van der Waals surface area (Å²) in [6, 6.07) is 5.11. The van der Waals surface area contributed by atoms with E-state index < -0.39 is 6.10 Å². The van der Waals surface area contributed by atoms with Gasteiger partial charge in [0.05, 0.1) is 6.10 Å². The lowest BCUT2D eigenvalue weighted by Crippen LogP contribution is -2.27. The van der Waals surface area contributed by atoms with Crippen LogP contribution >= 0.6 is 0 Å². The van der Waals surface area contributed by atoms with E-state index in [0.717, 1.165) is 0 Å². The van der Waals surface area contributed by atoms with Gasteiger partial charge in [-0.15, -0.1) is 0 Å². The standard InChI is InChI=1S/C12H20N2O2/c1-7(2)12(16-3)11(15)9-5-4-8(13)6-10(9)14/h4-7,11-12,15H,13-14H2,1-3H3. The quantitative estimate of drug-likeness (QED) is 0.678. The highest BCUT2D eigenvalue weighted by atomic mass is 16.5. The van der Waals surface area contributed by atoms with Crippen molar-refractivity contribution >= 4 is 11.4 Å². The average Bonchev–Trinajstić information content (AvgIpc) is 2.17. The SMILES string of the molecule is COC(C(C)C)C(O)c1ccc(N)cc1N. The first kappa shape index (κ1) is 12.8. The third-order valence-corrected chi connectivity index (χ3v) is 2.67. The normalized spacial score (nSPS) is 15.1. The highest BCUT2D eigenvalue weighted by Crippen LogP contribution is 2.29. The minimum absolute atomic E-state index is 0.206. The van der Waals surface area contributed by atoms with Gasteiger partial charge in [0.2, 0.25) is 0 Å². The van der Waals surface area contributed by atoms with Crippen LogP contribution in [-0.4, -0.2) is 18.3 Å². The van der Waals surface area contributed by atoms with Crippen LogP contribution in [0.2, 0.25) is 0 Å². The van der Waals surface area contributed by atoms with Crippen LogP contribution in [-0.2, 0) is 4.74 Å². The third kappa shape index (κ3) is 2.65. The number of methoxy groups -OCH3 is 1. The maximum atomic E-state index is 10.2. The zero-order valence-electron chi connectivity index (χ0n) is 9.97. The molecule has 4 heteroatoms. The molecule has 0 fully saturated rings. The number of nitrogen functional groups attached to an aromatic ring is 2. The molecule has 2 unspecified atom stereocenters. The fourth-order valence-electron chi connectivity index (χ4n) is 1.81. The van der Waals surface area contributed by atoms with E-state index in [4.69, 9.17) is 16.2 Å². The lowest BCUT2D eigenvalue weighted by molar-refractivity contribution is -0.0387. The Bertz CT molecular complexity index is 353. The predicted molar refractivity (Wildman–Crippen MR) is 65.9 cm³/mol. The first-order valence-electron chi connectivity index (χ1n) is 5.33. The molecule has 0 aliphatic carbocycles. The molecule has 0 aromatic heterocycles. The molecule has 4 nitrogen and oxygen atoms in total. The maximum absolute atomic E-state index is 10.2. The smallest absolute Gasteiger partial charge is 0.107 e. The van der Waals surface area contributed by atoms with Crippen molar-refractivity contribution in [3.05, 3.63) is 23.8 Å². The first-order chi connectivity index (χ1) is 7.47. The Morgan fingerprint density at radius 1 is 1.25 bits per heavy atom. The summed E-state index contributed by atoms with van der Waals surface area (Å²) in [4.78, 5) is 0. The fraction of sp³-hybridized carbons (Fsp3) is 0.500. The maximum Gasteiger partial charge on any atom is 0.107 e. The first-order valence-corrected chi connectivity index (χ1v) is 5.33. The molecular formula is C12H20N2O2. The Kier molecular flexibility index (Phi) is 4.15. The second-order valence-electron chi connectivity index (χ2n) is 4.28. The number of ether oxygens (including phenoxy) is 1. The van der Waals surface area contributed by atoms with Crippen LogP contribution in [0.4, 0.5) is 11.4 Å². The number of rotatable bonds is 4. The molecule has 0 heterocycles. The highest BCUT2D eigenvalue weighted by molar-refractivity contribution is 5.57. The number of benzene rings is 1. The molecule has 0 saturated carbocycles. The third-order valence-electron chi connectivity index (χ3n) is 2.67. The molecule has 1 aromatic rings. The average molecular weight is 224 g/mol. The molecule has 0 bridgehead atoms. The molecule has 1 aromatic carbocycles. The van der Waals surface area contributed by atoms with E-state index in [9.17, 15) is 5.11 Å². The van der Waals surface area contributed by atoms with Crippen LogP contribution in [0, 0.1) is 5.92 Å². The Hall–Kier alpha value is -1.26. The Morgan fingerprint density at radius 3 is 2.31 bits per heavy atom. The van der Waals surface area contributed by atoms with Crippen molar-refractivity contribution < 1.29 is 9.84 Å². The topological polar surface area (TPSA) is 81.5 Å². The number of aliphatic hydroxyl groups excluding tert-OH is 1. The molecule has 0 radical (unpaired) electrons. The zero-order valence-corrected chi connectivity index (χ0v) is 9.97. The van der Waals surface area contributed by atoms with E-state index in [1.807, 2.05) is 13.8 Å². The number of hydrogen-bond acceptors (Lipinski definition) is 4. The number of aliphatic hydroxyl groups is 1. The molecule has 90 valence electrons. The van der Waals surface area contributed by atoms with Crippen molar-refractivity contribution in [1.82, 2.24) is 0 Å². The van der Waals surface area contributed by atoms with E-state index in [1.54, 1.807) is 25.3 Å². The minimum Gasteiger partial charge on any atom is -0.399 e. The van der Waals surface area contributed by atoms with Gasteiger partial charge in [-0.2, -0.15) is 0 Å². The van der Waals surface area contributed by atoms with E-state index in [0.29, 0.717) is 16.9 Å². The van der Waals surface area contributed by atoms with Gasteiger partial charge in [0.15, 0.2) is 0 Å². The van der Waals surface area contributed by atoms with E-state index in [-0.39, 0.29) is 12.0 Å². The molecule has 16 heavy (non-hydrogen) atoms. The number of anilines is 2. The highest BCUT2D eigenvalue weighted by Gasteiger charge is 2.25. The Balaban J connectivity index is 2.99. The second kappa shape index (κ2) is 5.18. The van der Waals surface area contributed by atoms with E-state index in [2.05, 4.69) is 0 Å². The Morgan fingerprint density at radius 2 is 1.88 bits per heavy atom. The summed E-state index contributed by atoms with van der Waals surface area (Å²) in [7, 11) is 1.58. The van der Waals surface area contributed by atoms with E-state index in [1.165, 1.54) is 0 Å². The monoisotopic (exact) mass is 224 g/mol. The van der Waals surface area contributed by atoms with Gasteiger partial charge in [0.25, 0.3) is 0 Å². The molecule has 0 aliphatic heterocycles. The van der Waals surface area contributed by atoms with Crippen LogP contribution in [0.25, 0.3) is 0 Å². The fourth-order valence-corrected chi connectivity index (χ4v) is 1.81. The summed E-state index contributed by atoms with van der Waals surface area (Å²) in [6.45, 7) is 3.98. The Labute approximate surface area is 96.2 Å². The van der Waals surface area contributed by atoms with Gasteiger partial charge in [-0.25, -0.2) is 0 Å². The number of hydrogen-bond donors (Lipinski definition) is 3. The van der Waals surface area contributed by atoms with Crippen molar-refractivity contribution in [2.75, 3.05) is 18.6 Å². The van der Waals surface area contributed by atoms with Gasteiger partial charge in [-0.3, -0.25) is 0 Å². The van der Waals surface area contributed by atoms with Crippen LogP contribution in [0.3, 0.4) is 0 Å². The van der Waals surface area contributed by atoms with Gasteiger partial charge in [0, 0.05) is 24.0 Å². The minimum atomic E-state index is -0.731. The largest absolute Gasteiger partial charge is 0.399 e. The number of nitrogens with two attached hydrogens (primary N) is 2. The summed E-state index contributed by atoms with van der Waals surface area (Å²) in [5.74, 6) is 0.206. The van der Waals surface area contributed by atoms with Gasteiger partial charge in [-0.1, -0.05) is 19.9 Å². The summed E-state index contributed by atoms with van der Waals surface area (Å²) in [5.41, 5.74) is 13.2. The van der Waals surface area contributed by atoms with Crippen molar-refractivity contribution in [2.24, 2.45) is 5.92 Å². The second-order valence-corrected chi connectivity index (χ2v) is 4.28. The van der Waals surface area contributed by atoms with E-state index >= 15 is 0 Å². The lowest BCUT2D eigenvalue weighted by Gasteiger charge is -2.26. The zero-order chi connectivity index (χ0) is 12.3. The van der Waals surface area contributed by atoms with Crippen LogP contribution in [0.1, 0.15) is 25.5 Å². The van der Waals surface area contributed by atoms with Crippen LogP contribution in [0.15, 0.2) is 18.2 Å². The molecule has 0 amide bonds. The van der Waals surface area contributed by atoms with Crippen molar-refractivity contribution in [1.29, 1.82) is 0 Å². The molecule has 0 saturated heterocycles. The predicted octanol–water partition coefficient (Wildman–Crippen LogP) is 1.56. The molecular weight excluding hydrogens is 204 g/mol. The molecule has 0 aliphatic rings. The van der Waals surface area contributed by atoms with Gasteiger partial charge >= 0.3 is 0 Å². The van der Waals surface area contributed by atoms with Crippen LogP contribution < -0.4 is 11.5 Å². The summed E-state index contributed by atoms with van der Waals surface area (Å²) in [5, 5.41) is 10.2. The lowest BCUT2D eigenvalue weighted by atomic mass is 9.95.